The van der Waals surface area contributed by atoms with Crippen molar-refractivity contribution in [3.63, 3.8) is 0 Å². The number of phenols is 1. The van der Waals surface area contributed by atoms with Gasteiger partial charge in [0.15, 0.2) is 0 Å². The molecule has 0 saturated heterocycles. The van der Waals surface area contributed by atoms with Crippen LogP contribution in [0.25, 0.3) is 21.7 Å². The van der Waals surface area contributed by atoms with Crippen LogP contribution in [0.5, 0.6) is 5.75 Å². The number of aryl methyl sites for hydroxylation is 1. The molecule has 6 heteroatoms. The Bertz CT molecular complexity index is 1320. The van der Waals surface area contributed by atoms with Crippen molar-refractivity contribution in [3.8, 4) is 5.75 Å². The number of nitrogens with zero attached hydrogens (tertiary/aromatic N) is 1. The highest BCUT2D eigenvalue weighted by Gasteiger charge is 2.33. The third-order valence-corrected chi connectivity index (χ3v) is 6.51. The van der Waals surface area contributed by atoms with Crippen LogP contribution in [0.15, 0.2) is 52.9 Å². The van der Waals surface area contributed by atoms with E-state index >= 15 is 0 Å². The number of halogens is 1. The first-order valence-corrected chi connectivity index (χ1v) is 11.6. The van der Waals surface area contributed by atoms with Crippen molar-refractivity contribution >= 4 is 39.3 Å². The van der Waals surface area contributed by atoms with Crippen LogP contribution in [0.1, 0.15) is 54.1 Å². The average molecular weight is 466 g/mol. The average Bonchev–Trinajstić information content (AvgIpc) is 3.16. The van der Waals surface area contributed by atoms with E-state index in [1.165, 1.54) is 0 Å². The highest BCUT2D eigenvalue weighted by atomic mass is 35.5. The lowest BCUT2D eigenvalue weighted by atomic mass is 9.88. The molecule has 1 aromatic heterocycles. The van der Waals surface area contributed by atoms with E-state index in [9.17, 15) is 9.90 Å². The van der Waals surface area contributed by atoms with Gasteiger partial charge in [-0.2, -0.15) is 0 Å². The summed E-state index contributed by atoms with van der Waals surface area (Å²) in [5.41, 5.74) is 2.35. The number of furan rings is 1. The predicted molar refractivity (Wildman–Crippen MR) is 132 cm³/mol. The van der Waals surface area contributed by atoms with Crippen molar-refractivity contribution < 1.29 is 19.1 Å². The number of phenolic OH excluding ortho intramolecular Hbond substituents is 1. The van der Waals surface area contributed by atoms with Crippen LogP contribution >= 0.6 is 11.6 Å². The van der Waals surface area contributed by atoms with Gasteiger partial charge in [-0.05, 0) is 38.6 Å². The molecule has 0 aliphatic carbocycles. The van der Waals surface area contributed by atoms with Gasteiger partial charge in [-0.3, -0.25) is 4.90 Å². The number of carbonyl (C=O) groups excluding carboxylic acids is 1. The van der Waals surface area contributed by atoms with Crippen LogP contribution in [0, 0.1) is 6.92 Å². The molecule has 0 spiro atoms. The molecule has 3 aromatic carbocycles. The maximum absolute atomic E-state index is 13.1. The number of ether oxygens (including phenoxy) is 1. The number of aromatic hydroxyl groups is 1. The Hall–Kier alpha value is -3.02. The summed E-state index contributed by atoms with van der Waals surface area (Å²) in [6, 6.07) is 14.7. The summed E-state index contributed by atoms with van der Waals surface area (Å²) in [6.45, 7) is 9.32. The molecule has 0 radical (unpaired) electrons. The summed E-state index contributed by atoms with van der Waals surface area (Å²) >= 11 is 6.68. The van der Waals surface area contributed by atoms with Crippen molar-refractivity contribution in [1.29, 1.82) is 0 Å². The molecule has 33 heavy (non-hydrogen) atoms. The monoisotopic (exact) mass is 465 g/mol. The molecular weight excluding hydrogens is 438 g/mol. The molecule has 1 heterocycles. The van der Waals surface area contributed by atoms with Crippen LogP contribution < -0.4 is 0 Å². The van der Waals surface area contributed by atoms with Gasteiger partial charge in [-0.25, -0.2) is 4.79 Å². The molecule has 1 N–H and O–H groups in total. The molecule has 5 nitrogen and oxygen atoms in total. The van der Waals surface area contributed by atoms with E-state index in [0.29, 0.717) is 51.4 Å². The zero-order chi connectivity index (χ0) is 23.7. The molecule has 0 aliphatic rings. The van der Waals surface area contributed by atoms with Gasteiger partial charge in [0.2, 0.25) is 0 Å². The van der Waals surface area contributed by atoms with Gasteiger partial charge in [0.05, 0.1) is 12.6 Å². The molecule has 1 unspecified atom stereocenters. The number of rotatable bonds is 7. The van der Waals surface area contributed by atoms with E-state index < -0.39 is 12.0 Å². The molecular formula is C27H28ClNO4. The Balaban J connectivity index is 2.21. The number of benzene rings is 3. The molecule has 0 bridgehead atoms. The largest absolute Gasteiger partial charge is 0.507 e. The number of hydrogen-bond acceptors (Lipinski definition) is 5. The summed E-state index contributed by atoms with van der Waals surface area (Å²) in [4.78, 5) is 15.3. The summed E-state index contributed by atoms with van der Waals surface area (Å²) < 4.78 is 11.6. The topological polar surface area (TPSA) is 62.9 Å². The van der Waals surface area contributed by atoms with E-state index in [-0.39, 0.29) is 12.4 Å². The maximum Gasteiger partial charge on any atom is 0.342 e. The van der Waals surface area contributed by atoms with Gasteiger partial charge < -0.3 is 14.3 Å². The van der Waals surface area contributed by atoms with Gasteiger partial charge in [0, 0.05) is 26.7 Å². The molecule has 0 fully saturated rings. The molecule has 4 rings (SSSR count). The Morgan fingerprint density at radius 3 is 2.33 bits per heavy atom. The Morgan fingerprint density at radius 1 is 1.06 bits per heavy atom. The summed E-state index contributed by atoms with van der Waals surface area (Å²) in [5, 5.41) is 14.3. The second kappa shape index (κ2) is 9.46. The van der Waals surface area contributed by atoms with Crippen LogP contribution in [0.4, 0.5) is 0 Å². The number of esters is 1. The minimum Gasteiger partial charge on any atom is -0.507 e. The fourth-order valence-electron chi connectivity index (χ4n) is 4.68. The highest BCUT2D eigenvalue weighted by molar-refractivity contribution is 6.31. The van der Waals surface area contributed by atoms with Crippen molar-refractivity contribution in [2.45, 2.75) is 33.7 Å². The zero-order valence-electron chi connectivity index (χ0n) is 19.3. The lowest BCUT2D eigenvalue weighted by Gasteiger charge is -2.32. The van der Waals surface area contributed by atoms with Gasteiger partial charge in [-0.1, -0.05) is 67.9 Å². The maximum atomic E-state index is 13.1. The van der Waals surface area contributed by atoms with E-state index in [4.69, 9.17) is 20.8 Å². The first-order valence-electron chi connectivity index (χ1n) is 11.3. The van der Waals surface area contributed by atoms with Gasteiger partial charge in [0.25, 0.3) is 0 Å². The molecule has 1 atom stereocenters. The van der Waals surface area contributed by atoms with Crippen molar-refractivity contribution in [2.75, 3.05) is 19.7 Å². The third-order valence-electron chi connectivity index (χ3n) is 6.17. The molecule has 0 saturated carbocycles. The van der Waals surface area contributed by atoms with Crippen molar-refractivity contribution in [1.82, 2.24) is 4.90 Å². The van der Waals surface area contributed by atoms with Crippen LogP contribution in [-0.2, 0) is 4.74 Å². The molecule has 0 aliphatic heterocycles. The van der Waals surface area contributed by atoms with E-state index in [0.717, 1.165) is 10.9 Å². The first kappa shape index (κ1) is 23.1. The summed E-state index contributed by atoms with van der Waals surface area (Å²) in [6.07, 6.45) is 0. The smallest absolute Gasteiger partial charge is 0.342 e. The zero-order valence-corrected chi connectivity index (χ0v) is 20.1. The SMILES string of the molecule is CCOC(=O)c1c(C)oc2c1c(C(c1ccccc1Cl)N(CC)CC)c(O)c1ccccc12. The minimum atomic E-state index is -0.470. The van der Waals surface area contributed by atoms with Gasteiger partial charge in [-0.15, -0.1) is 0 Å². The Kier molecular flexibility index (Phi) is 6.63. The van der Waals surface area contributed by atoms with E-state index in [1.54, 1.807) is 13.8 Å². The number of carbonyl (C=O) groups is 1. The van der Waals surface area contributed by atoms with Gasteiger partial charge >= 0.3 is 5.97 Å². The summed E-state index contributed by atoms with van der Waals surface area (Å²) in [5.74, 6) is 0.0984. The minimum absolute atomic E-state index is 0.112. The van der Waals surface area contributed by atoms with Crippen LogP contribution in [0.3, 0.4) is 0 Å². The fraction of sp³-hybridized carbons (Fsp3) is 0.296. The van der Waals surface area contributed by atoms with Crippen molar-refractivity contribution in [2.24, 2.45) is 0 Å². The van der Waals surface area contributed by atoms with Gasteiger partial charge in [0.1, 0.15) is 22.7 Å². The first-order chi connectivity index (χ1) is 15.9. The number of fused-ring (bicyclic) bond motifs is 3. The van der Waals surface area contributed by atoms with E-state index in [1.807, 2.05) is 48.5 Å². The Morgan fingerprint density at radius 2 is 1.70 bits per heavy atom. The highest BCUT2D eigenvalue weighted by Crippen LogP contribution is 2.48. The van der Waals surface area contributed by atoms with Crippen LogP contribution in [0.2, 0.25) is 5.02 Å². The lowest BCUT2D eigenvalue weighted by Crippen LogP contribution is -2.30. The standard InChI is InChI=1S/C27H28ClNO4/c1-5-29(6-2)24(19-14-10-11-15-20(19)28)23-22-21(27(31)32-7-3)16(4)33-26(22)18-13-9-8-12-17(18)25(23)30/h8-15,24,30H,5-7H2,1-4H3. The quantitative estimate of drug-likeness (QED) is 0.302. The fourth-order valence-corrected chi connectivity index (χ4v) is 4.92. The van der Waals surface area contributed by atoms with E-state index in [2.05, 4.69) is 18.7 Å². The number of hydrogen-bond donors (Lipinski definition) is 1. The molecule has 172 valence electrons. The lowest BCUT2D eigenvalue weighted by molar-refractivity contribution is 0.0526. The third kappa shape index (κ3) is 3.85. The molecule has 4 aromatic rings. The normalized spacial score (nSPS) is 12.5. The van der Waals surface area contributed by atoms with Crippen LogP contribution in [-0.4, -0.2) is 35.7 Å². The Labute approximate surface area is 198 Å². The van der Waals surface area contributed by atoms with Crippen molar-refractivity contribution in [3.05, 3.63) is 76.0 Å². The molecule has 0 amide bonds. The second-order valence-corrected chi connectivity index (χ2v) is 8.32. The summed E-state index contributed by atoms with van der Waals surface area (Å²) in [7, 11) is 0. The predicted octanol–water partition coefficient (Wildman–Crippen LogP) is 6.86. The second-order valence-electron chi connectivity index (χ2n) is 7.91.